The van der Waals surface area contributed by atoms with E-state index in [9.17, 15) is 0 Å². The van der Waals surface area contributed by atoms with Gasteiger partial charge in [0, 0.05) is 30.5 Å². The number of benzene rings is 1. The second kappa shape index (κ2) is 8.19. The Morgan fingerprint density at radius 2 is 2.00 bits per heavy atom. The molecule has 4 nitrogen and oxygen atoms in total. The van der Waals surface area contributed by atoms with Crippen LogP contribution in [0.1, 0.15) is 50.0 Å². The van der Waals surface area contributed by atoms with Gasteiger partial charge in [0.1, 0.15) is 11.9 Å². The summed E-state index contributed by atoms with van der Waals surface area (Å²) in [7, 11) is 1.99. The molecular formula is C19H25ClN4S. The van der Waals surface area contributed by atoms with Gasteiger partial charge in [-0.2, -0.15) is 0 Å². The van der Waals surface area contributed by atoms with Crippen LogP contribution in [0.3, 0.4) is 0 Å². The van der Waals surface area contributed by atoms with Crippen molar-refractivity contribution in [3.8, 4) is 0 Å². The molecule has 1 aliphatic rings. The molecule has 1 aliphatic carbocycles. The fourth-order valence-electron chi connectivity index (χ4n) is 3.48. The monoisotopic (exact) mass is 376 g/mol. The highest BCUT2D eigenvalue weighted by molar-refractivity contribution is 7.80. The molecule has 6 heteroatoms. The Balaban J connectivity index is 1.76. The van der Waals surface area contributed by atoms with Crippen LogP contribution in [0.5, 0.6) is 0 Å². The van der Waals surface area contributed by atoms with Crippen LogP contribution in [0.2, 0.25) is 5.02 Å². The normalized spacial score (nSPS) is 21.6. The number of nitrogens with one attached hydrogen (secondary N) is 2. The van der Waals surface area contributed by atoms with Gasteiger partial charge in [0.15, 0.2) is 5.11 Å². The summed E-state index contributed by atoms with van der Waals surface area (Å²) >= 11 is 11.7. The van der Waals surface area contributed by atoms with Crippen LogP contribution >= 0.6 is 23.8 Å². The number of nitrogens with zero attached hydrogens (tertiary/aromatic N) is 2. The SMILES string of the molecule is C[C@H]1CCCC[C@@H]1NC(=S)N[C@@H](c1ccc(Cl)cc1)c1nccn1C. The topological polar surface area (TPSA) is 41.9 Å². The molecule has 0 bridgehead atoms. The number of imidazole rings is 1. The van der Waals surface area contributed by atoms with Crippen LogP contribution in [0.25, 0.3) is 0 Å². The summed E-state index contributed by atoms with van der Waals surface area (Å²) in [5.74, 6) is 1.57. The summed E-state index contributed by atoms with van der Waals surface area (Å²) in [5.41, 5.74) is 1.08. The minimum Gasteiger partial charge on any atom is -0.360 e. The average Bonchev–Trinajstić information content (AvgIpc) is 3.01. The van der Waals surface area contributed by atoms with Crippen LogP contribution < -0.4 is 10.6 Å². The lowest BCUT2D eigenvalue weighted by Crippen LogP contribution is -2.47. The van der Waals surface area contributed by atoms with E-state index in [1.807, 2.05) is 42.1 Å². The van der Waals surface area contributed by atoms with Gasteiger partial charge in [0.25, 0.3) is 0 Å². The van der Waals surface area contributed by atoms with Gasteiger partial charge >= 0.3 is 0 Å². The Hall–Kier alpha value is -1.59. The average molecular weight is 377 g/mol. The quantitative estimate of drug-likeness (QED) is 0.784. The van der Waals surface area contributed by atoms with E-state index in [1.54, 1.807) is 6.20 Å². The highest BCUT2D eigenvalue weighted by Crippen LogP contribution is 2.25. The Bertz CT molecular complexity index is 712. The summed E-state index contributed by atoms with van der Waals surface area (Å²) in [6, 6.07) is 8.15. The van der Waals surface area contributed by atoms with Crippen LogP contribution in [0.15, 0.2) is 36.7 Å². The van der Waals surface area contributed by atoms with Gasteiger partial charge in [-0.05, 0) is 48.7 Å². The molecular weight excluding hydrogens is 352 g/mol. The van der Waals surface area contributed by atoms with Gasteiger partial charge in [-0.1, -0.05) is 43.5 Å². The summed E-state index contributed by atoms with van der Waals surface area (Å²) in [5, 5.41) is 8.38. The van der Waals surface area contributed by atoms with Crippen molar-refractivity contribution in [2.45, 2.75) is 44.7 Å². The molecule has 25 heavy (non-hydrogen) atoms. The van der Waals surface area contributed by atoms with Gasteiger partial charge in [-0.15, -0.1) is 0 Å². The van der Waals surface area contributed by atoms with Crippen molar-refractivity contribution in [3.05, 3.63) is 53.1 Å². The standard InChI is InChI=1S/C19H25ClN4S/c1-13-5-3-4-6-16(13)22-19(25)23-17(18-21-11-12-24(18)2)14-7-9-15(20)10-8-14/h7-13,16-17H,3-6H2,1-2H3,(H2,22,23,25)/t13-,16-,17-/m0/s1. The Morgan fingerprint density at radius 1 is 1.28 bits per heavy atom. The van der Waals surface area contributed by atoms with Crippen LogP contribution in [0.4, 0.5) is 0 Å². The molecule has 1 saturated carbocycles. The third kappa shape index (κ3) is 4.53. The largest absolute Gasteiger partial charge is 0.360 e. The van der Waals surface area contributed by atoms with Gasteiger partial charge in [0.05, 0.1) is 0 Å². The molecule has 0 unspecified atom stereocenters. The second-order valence-corrected chi connectivity index (χ2v) is 7.71. The maximum absolute atomic E-state index is 6.04. The number of thiocarbonyl (C=S) groups is 1. The third-order valence-electron chi connectivity index (χ3n) is 5.02. The zero-order valence-electron chi connectivity index (χ0n) is 14.7. The fraction of sp³-hybridized carbons (Fsp3) is 0.474. The number of aryl methyl sites for hydroxylation is 1. The number of aromatic nitrogens is 2. The number of halogens is 1. The predicted molar refractivity (Wildman–Crippen MR) is 107 cm³/mol. The van der Waals surface area contributed by atoms with Crippen molar-refractivity contribution >= 4 is 28.9 Å². The lowest BCUT2D eigenvalue weighted by molar-refractivity contribution is 0.307. The minimum atomic E-state index is -0.115. The molecule has 1 aromatic heterocycles. The molecule has 0 spiro atoms. The highest BCUT2D eigenvalue weighted by Gasteiger charge is 2.24. The van der Waals surface area contributed by atoms with Crippen LogP contribution in [-0.2, 0) is 7.05 Å². The van der Waals surface area contributed by atoms with Crippen molar-refractivity contribution in [2.75, 3.05) is 0 Å². The van der Waals surface area contributed by atoms with E-state index in [-0.39, 0.29) is 6.04 Å². The van der Waals surface area contributed by atoms with Crippen molar-refractivity contribution in [2.24, 2.45) is 13.0 Å². The fourth-order valence-corrected chi connectivity index (χ4v) is 3.87. The molecule has 1 heterocycles. The van der Waals surface area contributed by atoms with Crippen molar-refractivity contribution < 1.29 is 0 Å². The van der Waals surface area contributed by atoms with Crippen molar-refractivity contribution in [1.82, 2.24) is 20.2 Å². The minimum absolute atomic E-state index is 0.115. The molecule has 0 radical (unpaired) electrons. The van der Waals surface area contributed by atoms with E-state index in [2.05, 4.69) is 22.5 Å². The molecule has 1 aromatic carbocycles. The lowest BCUT2D eigenvalue weighted by Gasteiger charge is -2.31. The number of hydrogen-bond acceptors (Lipinski definition) is 2. The molecule has 134 valence electrons. The van der Waals surface area contributed by atoms with Crippen molar-refractivity contribution in [1.29, 1.82) is 0 Å². The van der Waals surface area contributed by atoms with Crippen LogP contribution in [0, 0.1) is 5.92 Å². The molecule has 0 saturated heterocycles. The Labute approximate surface area is 160 Å². The summed E-state index contributed by atoms with van der Waals surface area (Å²) in [6.07, 6.45) is 8.78. The molecule has 2 N–H and O–H groups in total. The highest BCUT2D eigenvalue weighted by atomic mass is 35.5. The maximum atomic E-state index is 6.04. The number of hydrogen-bond donors (Lipinski definition) is 2. The summed E-state index contributed by atoms with van der Waals surface area (Å²) in [4.78, 5) is 4.51. The Morgan fingerprint density at radius 3 is 2.64 bits per heavy atom. The Kier molecular flexibility index (Phi) is 5.97. The van der Waals surface area contributed by atoms with E-state index in [0.29, 0.717) is 17.1 Å². The second-order valence-electron chi connectivity index (χ2n) is 6.87. The molecule has 3 atom stereocenters. The molecule has 2 aromatic rings. The summed E-state index contributed by atoms with van der Waals surface area (Å²) in [6.45, 7) is 2.30. The first-order valence-corrected chi connectivity index (χ1v) is 9.63. The van der Waals surface area contributed by atoms with E-state index in [4.69, 9.17) is 23.8 Å². The van der Waals surface area contributed by atoms with E-state index in [1.165, 1.54) is 25.7 Å². The molecule has 0 aliphatic heterocycles. The predicted octanol–water partition coefficient (Wildman–Crippen LogP) is 4.21. The van der Waals surface area contributed by atoms with Crippen molar-refractivity contribution in [3.63, 3.8) is 0 Å². The smallest absolute Gasteiger partial charge is 0.167 e. The van der Waals surface area contributed by atoms with E-state index in [0.717, 1.165) is 16.4 Å². The number of rotatable bonds is 4. The zero-order valence-corrected chi connectivity index (χ0v) is 16.3. The maximum Gasteiger partial charge on any atom is 0.167 e. The first-order chi connectivity index (χ1) is 12.0. The molecule has 0 amide bonds. The van der Waals surface area contributed by atoms with Gasteiger partial charge in [-0.25, -0.2) is 4.98 Å². The van der Waals surface area contributed by atoms with Crippen LogP contribution in [-0.4, -0.2) is 20.7 Å². The van der Waals surface area contributed by atoms with Gasteiger partial charge < -0.3 is 15.2 Å². The van der Waals surface area contributed by atoms with Gasteiger partial charge in [-0.3, -0.25) is 0 Å². The first-order valence-electron chi connectivity index (χ1n) is 8.84. The van der Waals surface area contributed by atoms with E-state index >= 15 is 0 Å². The first kappa shape index (κ1) is 18.2. The summed E-state index contributed by atoms with van der Waals surface area (Å²) < 4.78 is 2.01. The van der Waals surface area contributed by atoms with Gasteiger partial charge in [0.2, 0.25) is 0 Å². The third-order valence-corrected chi connectivity index (χ3v) is 5.51. The lowest BCUT2D eigenvalue weighted by atomic mass is 9.86. The molecule has 1 fully saturated rings. The van der Waals surface area contributed by atoms with E-state index < -0.39 is 0 Å². The zero-order chi connectivity index (χ0) is 17.8. The molecule has 3 rings (SSSR count).